The van der Waals surface area contributed by atoms with E-state index in [-0.39, 0.29) is 6.04 Å². The van der Waals surface area contributed by atoms with Crippen LogP contribution in [0, 0.1) is 0 Å². The number of nitrogens with two attached hydrogens (primary N) is 1. The Balaban J connectivity index is 2.43. The highest BCUT2D eigenvalue weighted by atomic mass is 15.2. The van der Waals surface area contributed by atoms with Gasteiger partial charge in [-0.25, -0.2) is 0 Å². The van der Waals surface area contributed by atoms with Crippen LogP contribution < -0.4 is 10.6 Å². The summed E-state index contributed by atoms with van der Waals surface area (Å²) in [6, 6.07) is 7.22. The molecule has 0 fully saturated rings. The third-order valence-corrected chi connectivity index (χ3v) is 3.21. The number of rotatable bonds is 2. The average molecular weight is 204 g/mol. The molecular formula is C13H20N2. The van der Waals surface area contributed by atoms with Crippen molar-refractivity contribution in [3.05, 3.63) is 29.3 Å². The Morgan fingerprint density at radius 3 is 2.60 bits per heavy atom. The van der Waals surface area contributed by atoms with Gasteiger partial charge in [0.1, 0.15) is 0 Å². The molecular weight excluding hydrogens is 184 g/mol. The van der Waals surface area contributed by atoms with Crippen molar-refractivity contribution >= 4 is 5.69 Å². The zero-order valence-corrected chi connectivity index (χ0v) is 9.83. The van der Waals surface area contributed by atoms with Crippen molar-refractivity contribution in [1.29, 1.82) is 0 Å². The standard InChI is InChI=1S/C13H20N2/c1-9(2)15-8-7-12-11(10(3)14)5-4-6-13(12)15/h4-6,9-10H,7-8,14H2,1-3H3. The van der Waals surface area contributed by atoms with Crippen molar-refractivity contribution in [2.45, 2.75) is 39.3 Å². The van der Waals surface area contributed by atoms with Crippen LogP contribution in [0.25, 0.3) is 0 Å². The van der Waals surface area contributed by atoms with E-state index in [9.17, 15) is 0 Å². The summed E-state index contributed by atoms with van der Waals surface area (Å²) in [4.78, 5) is 2.46. The molecule has 1 aromatic carbocycles. The minimum atomic E-state index is 0.145. The first-order valence-corrected chi connectivity index (χ1v) is 5.75. The number of hydrogen-bond donors (Lipinski definition) is 1. The second kappa shape index (κ2) is 3.86. The summed E-state index contributed by atoms with van der Waals surface area (Å²) in [5.74, 6) is 0. The lowest BCUT2D eigenvalue weighted by Crippen LogP contribution is -2.28. The van der Waals surface area contributed by atoms with Crippen molar-refractivity contribution in [3.8, 4) is 0 Å². The fourth-order valence-electron chi connectivity index (χ4n) is 2.45. The molecule has 2 nitrogen and oxygen atoms in total. The maximum atomic E-state index is 5.99. The number of fused-ring (bicyclic) bond motifs is 1. The Kier molecular flexibility index (Phi) is 2.70. The maximum absolute atomic E-state index is 5.99. The first-order chi connectivity index (χ1) is 7.11. The molecule has 82 valence electrons. The van der Waals surface area contributed by atoms with Gasteiger partial charge in [-0.05, 0) is 44.4 Å². The van der Waals surface area contributed by atoms with Gasteiger partial charge in [-0.1, -0.05) is 12.1 Å². The molecule has 1 heterocycles. The van der Waals surface area contributed by atoms with Crippen molar-refractivity contribution < 1.29 is 0 Å². The van der Waals surface area contributed by atoms with E-state index in [1.54, 1.807) is 0 Å². The number of benzene rings is 1. The summed E-state index contributed by atoms with van der Waals surface area (Å²) in [5.41, 5.74) is 10.2. The van der Waals surface area contributed by atoms with E-state index in [4.69, 9.17) is 5.73 Å². The third-order valence-electron chi connectivity index (χ3n) is 3.21. The number of hydrogen-bond acceptors (Lipinski definition) is 2. The van der Waals surface area contributed by atoms with Gasteiger partial charge in [-0.2, -0.15) is 0 Å². The third kappa shape index (κ3) is 1.74. The molecule has 1 atom stereocenters. The van der Waals surface area contributed by atoms with E-state index in [0.717, 1.165) is 13.0 Å². The van der Waals surface area contributed by atoms with Crippen LogP contribution in [0.15, 0.2) is 18.2 Å². The Hall–Kier alpha value is -1.02. The van der Waals surface area contributed by atoms with Gasteiger partial charge >= 0.3 is 0 Å². The highest BCUT2D eigenvalue weighted by Gasteiger charge is 2.23. The molecule has 1 aliphatic heterocycles. The van der Waals surface area contributed by atoms with E-state index >= 15 is 0 Å². The molecule has 15 heavy (non-hydrogen) atoms. The highest BCUT2D eigenvalue weighted by molar-refractivity contribution is 5.61. The van der Waals surface area contributed by atoms with E-state index in [2.05, 4.69) is 43.9 Å². The first kappa shape index (κ1) is 10.5. The van der Waals surface area contributed by atoms with Crippen LogP contribution in [0.4, 0.5) is 5.69 Å². The predicted octanol–water partition coefficient (Wildman–Crippen LogP) is 2.48. The molecule has 1 aromatic rings. The van der Waals surface area contributed by atoms with Gasteiger partial charge in [0.15, 0.2) is 0 Å². The molecule has 1 aliphatic rings. The van der Waals surface area contributed by atoms with E-state index in [0.29, 0.717) is 6.04 Å². The molecule has 0 radical (unpaired) electrons. The predicted molar refractivity (Wildman–Crippen MR) is 65.2 cm³/mol. The van der Waals surface area contributed by atoms with Gasteiger partial charge in [0.05, 0.1) is 0 Å². The Labute approximate surface area is 92.1 Å². The lowest BCUT2D eigenvalue weighted by molar-refractivity contribution is 0.710. The molecule has 1 unspecified atom stereocenters. The summed E-state index contributed by atoms with van der Waals surface area (Å²) in [5, 5.41) is 0. The lowest BCUT2D eigenvalue weighted by atomic mass is 10.00. The largest absolute Gasteiger partial charge is 0.369 e. The second-order valence-electron chi connectivity index (χ2n) is 4.67. The molecule has 2 rings (SSSR count). The number of nitrogens with zero attached hydrogens (tertiary/aromatic N) is 1. The monoisotopic (exact) mass is 204 g/mol. The van der Waals surface area contributed by atoms with Crippen molar-refractivity contribution in [2.75, 3.05) is 11.4 Å². The normalized spacial score (nSPS) is 17.0. The van der Waals surface area contributed by atoms with E-state index < -0.39 is 0 Å². The van der Waals surface area contributed by atoms with E-state index in [1.165, 1.54) is 16.8 Å². The lowest BCUT2D eigenvalue weighted by Gasteiger charge is -2.24. The van der Waals surface area contributed by atoms with Crippen LogP contribution in [0.5, 0.6) is 0 Å². The molecule has 2 heteroatoms. The Bertz CT molecular complexity index is 356. The smallest absolute Gasteiger partial charge is 0.0405 e. The zero-order chi connectivity index (χ0) is 11.0. The maximum Gasteiger partial charge on any atom is 0.0405 e. The summed E-state index contributed by atoms with van der Waals surface area (Å²) in [7, 11) is 0. The van der Waals surface area contributed by atoms with Crippen LogP contribution in [-0.2, 0) is 6.42 Å². The average Bonchev–Trinajstić information content (AvgIpc) is 2.59. The fourth-order valence-corrected chi connectivity index (χ4v) is 2.45. The van der Waals surface area contributed by atoms with Gasteiger partial charge in [0, 0.05) is 24.3 Å². The molecule has 0 bridgehead atoms. The summed E-state index contributed by atoms with van der Waals surface area (Å²) in [6.45, 7) is 7.69. The molecule has 0 spiro atoms. The zero-order valence-electron chi connectivity index (χ0n) is 9.83. The van der Waals surface area contributed by atoms with Gasteiger partial charge in [-0.15, -0.1) is 0 Å². The minimum absolute atomic E-state index is 0.145. The van der Waals surface area contributed by atoms with Gasteiger partial charge in [0.25, 0.3) is 0 Å². The van der Waals surface area contributed by atoms with E-state index in [1.807, 2.05) is 0 Å². The van der Waals surface area contributed by atoms with Crippen LogP contribution in [0.2, 0.25) is 0 Å². The highest BCUT2D eigenvalue weighted by Crippen LogP contribution is 2.33. The molecule has 0 amide bonds. The van der Waals surface area contributed by atoms with Crippen LogP contribution in [0.3, 0.4) is 0 Å². The minimum Gasteiger partial charge on any atom is -0.369 e. The summed E-state index contributed by atoms with van der Waals surface area (Å²) < 4.78 is 0. The number of anilines is 1. The topological polar surface area (TPSA) is 29.3 Å². The molecule has 0 saturated carbocycles. The summed E-state index contributed by atoms with van der Waals surface area (Å²) in [6.07, 6.45) is 1.14. The fraction of sp³-hybridized carbons (Fsp3) is 0.538. The van der Waals surface area contributed by atoms with Gasteiger partial charge < -0.3 is 10.6 Å². The van der Waals surface area contributed by atoms with Crippen LogP contribution >= 0.6 is 0 Å². The van der Waals surface area contributed by atoms with Crippen molar-refractivity contribution in [3.63, 3.8) is 0 Å². The molecule has 0 aliphatic carbocycles. The molecule has 0 aromatic heterocycles. The quantitative estimate of drug-likeness (QED) is 0.802. The van der Waals surface area contributed by atoms with Crippen molar-refractivity contribution in [1.82, 2.24) is 0 Å². The van der Waals surface area contributed by atoms with Crippen LogP contribution in [0.1, 0.15) is 37.9 Å². The second-order valence-corrected chi connectivity index (χ2v) is 4.67. The Morgan fingerprint density at radius 1 is 1.27 bits per heavy atom. The molecule has 0 saturated heterocycles. The van der Waals surface area contributed by atoms with Crippen LogP contribution in [-0.4, -0.2) is 12.6 Å². The van der Waals surface area contributed by atoms with Gasteiger partial charge in [0.2, 0.25) is 0 Å². The first-order valence-electron chi connectivity index (χ1n) is 5.75. The molecule has 2 N–H and O–H groups in total. The summed E-state index contributed by atoms with van der Waals surface area (Å²) >= 11 is 0. The SMILES string of the molecule is CC(N)c1cccc2c1CCN2C(C)C. The van der Waals surface area contributed by atoms with Crippen molar-refractivity contribution in [2.24, 2.45) is 5.73 Å². The van der Waals surface area contributed by atoms with Gasteiger partial charge in [-0.3, -0.25) is 0 Å². The Morgan fingerprint density at radius 2 is 2.00 bits per heavy atom.